The number of nitrogens with zero attached hydrogens (tertiary/aromatic N) is 4. The first-order chi connectivity index (χ1) is 10.3. The van der Waals surface area contributed by atoms with Crippen LogP contribution in [0.4, 0.5) is 0 Å². The molecule has 0 N–H and O–H groups in total. The predicted octanol–water partition coefficient (Wildman–Crippen LogP) is 3.53. The molecule has 21 heavy (non-hydrogen) atoms. The van der Waals surface area contributed by atoms with Gasteiger partial charge in [-0.2, -0.15) is 0 Å². The molecular weight excluding hydrogens is 260 g/mol. The molecule has 0 aliphatic heterocycles. The average molecular weight is 272 g/mol. The van der Waals surface area contributed by atoms with E-state index >= 15 is 0 Å². The van der Waals surface area contributed by atoms with E-state index in [-0.39, 0.29) is 0 Å². The lowest BCUT2D eigenvalue weighted by molar-refractivity contribution is 0.970. The van der Waals surface area contributed by atoms with Crippen molar-refractivity contribution in [2.45, 2.75) is 0 Å². The van der Waals surface area contributed by atoms with Crippen LogP contribution in [0.3, 0.4) is 0 Å². The number of hydrogen-bond acceptors (Lipinski definition) is 2. The summed E-state index contributed by atoms with van der Waals surface area (Å²) in [4.78, 5) is 8.86. The number of aromatic nitrogens is 4. The Balaban J connectivity index is 2.19. The molecule has 0 unspecified atom stereocenters. The molecule has 4 heteroatoms. The molecule has 5 aromatic rings. The van der Waals surface area contributed by atoms with Crippen LogP contribution < -0.4 is 0 Å². The maximum Gasteiger partial charge on any atom is 0.0997 e. The molecule has 0 saturated heterocycles. The summed E-state index contributed by atoms with van der Waals surface area (Å²) in [5, 5.41) is 3.62. The first-order valence-electron chi connectivity index (χ1n) is 6.90. The van der Waals surface area contributed by atoms with Crippen LogP contribution in [0.5, 0.6) is 0 Å². The Bertz CT molecular complexity index is 1150. The van der Waals surface area contributed by atoms with E-state index in [1.807, 2.05) is 24.8 Å². The van der Waals surface area contributed by atoms with Gasteiger partial charge < -0.3 is 4.57 Å². The molecule has 0 bridgehead atoms. The van der Waals surface area contributed by atoms with E-state index in [0.717, 1.165) is 11.0 Å². The van der Waals surface area contributed by atoms with Gasteiger partial charge in [0.05, 0.1) is 29.1 Å². The Labute approximate surface area is 120 Å². The van der Waals surface area contributed by atoms with Crippen molar-refractivity contribution in [3.05, 3.63) is 55.2 Å². The van der Waals surface area contributed by atoms with Gasteiger partial charge in [0.25, 0.3) is 0 Å². The van der Waals surface area contributed by atoms with E-state index in [2.05, 4.69) is 56.4 Å². The summed E-state index contributed by atoms with van der Waals surface area (Å²) in [5.41, 5.74) is 4.44. The van der Waals surface area contributed by atoms with Gasteiger partial charge >= 0.3 is 0 Å². The van der Waals surface area contributed by atoms with Crippen LogP contribution in [0, 0.1) is 0 Å². The van der Waals surface area contributed by atoms with E-state index in [1.54, 1.807) is 0 Å². The van der Waals surface area contributed by atoms with Crippen LogP contribution in [0.2, 0.25) is 0 Å². The van der Waals surface area contributed by atoms with Crippen molar-refractivity contribution in [2.24, 2.45) is 7.05 Å². The number of hydrogen-bond donors (Lipinski definition) is 0. The number of benzene rings is 1. The molecule has 0 saturated carbocycles. The second-order valence-corrected chi connectivity index (χ2v) is 5.40. The molecule has 4 heterocycles. The summed E-state index contributed by atoms with van der Waals surface area (Å²) in [5.74, 6) is 0. The lowest BCUT2D eigenvalue weighted by atomic mass is 10.1. The quantitative estimate of drug-likeness (QED) is 0.404. The van der Waals surface area contributed by atoms with Gasteiger partial charge in [-0.1, -0.05) is 6.07 Å². The molecule has 0 atom stereocenters. The predicted molar refractivity (Wildman–Crippen MR) is 84.5 cm³/mol. The fraction of sp³-hybridized carbons (Fsp3) is 0.0588. The van der Waals surface area contributed by atoms with E-state index < -0.39 is 0 Å². The minimum atomic E-state index is 0.996. The summed E-state index contributed by atoms with van der Waals surface area (Å²) >= 11 is 0. The Morgan fingerprint density at radius 1 is 1.00 bits per heavy atom. The van der Waals surface area contributed by atoms with Crippen LogP contribution in [0.15, 0.2) is 55.2 Å². The first kappa shape index (κ1) is 10.9. The van der Waals surface area contributed by atoms with Gasteiger partial charge in [0.15, 0.2) is 0 Å². The summed E-state index contributed by atoms with van der Waals surface area (Å²) in [6.07, 6.45) is 7.67. The molecule has 4 nitrogen and oxygen atoms in total. The van der Waals surface area contributed by atoms with Gasteiger partial charge in [-0.15, -0.1) is 0 Å². The van der Waals surface area contributed by atoms with Crippen LogP contribution >= 0.6 is 0 Å². The van der Waals surface area contributed by atoms with Crippen molar-refractivity contribution in [3.8, 4) is 0 Å². The molecule has 100 valence electrons. The molecule has 0 aliphatic carbocycles. The molecular formula is C17H12N4. The zero-order valence-corrected chi connectivity index (χ0v) is 11.5. The van der Waals surface area contributed by atoms with Crippen LogP contribution in [-0.4, -0.2) is 18.9 Å². The molecule has 5 rings (SSSR count). The van der Waals surface area contributed by atoms with E-state index in [4.69, 9.17) is 0 Å². The van der Waals surface area contributed by atoms with Crippen molar-refractivity contribution in [2.75, 3.05) is 0 Å². The molecule has 4 aromatic heterocycles. The van der Waals surface area contributed by atoms with E-state index in [9.17, 15) is 0 Å². The summed E-state index contributed by atoms with van der Waals surface area (Å²) < 4.78 is 4.27. The minimum absolute atomic E-state index is 0.996. The van der Waals surface area contributed by atoms with Crippen molar-refractivity contribution in [1.29, 1.82) is 0 Å². The fourth-order valence-electron chi connectivity index (χ4n) is 3.21. The van der Waals surface area contributed by atoms with Gasteiger partial charge in [-0.3, -0.25) is 9.38 Å². The Hall–Kier alpha value is -2.88. The van der Waals surface area contributed by atoms with Crippen molar-refractivity contribution in [3.63, 3.8) is 0 Å². The third kappa shape index (κ3) is 1.29. The number of fused-ring (bicyclic) bond motifs is 7. The number of aryl methyl sites for hydroxylation is 1. The largest absolute Gasteiger partial charge is 0.351 e. The van der Waals surface area contributed by atoms with Crippen LogP contribution in [-0.2, 0) is 7.05 Å². The number of imidazole rings is 1. The number of pyridine rings is 2. The standard InChI is InChI=1S/C17H12N4/c1-20-6-4-11-7-15-13(8-14(11)20)12-3-2-5-19-17(12)16-9-18-10-21(15)16/h2-10H,1H3. The topological polar surface area (TPSA) is 35.1 Å². The summed E-state index contributed by atoms with van der Waals surface area (Å²) in [6, 6.07) is 10.7. The zero-order valence-electron chi connectivity index (χ0n) is 11.5. The third-order valence-electron chi connectivity index (χ3n) is 4.24. The third-order valence-corrected chi connectivity index (χ3v) is 4.24. The normalized spacial score (nSPS) is 12.0. The molecule has 0 spiro atoms. The van der Waals surface area contributed by atoms with Crippen molar-refractivity contribution in [1.82, 2.24) is 18.9 Å². The SMILES string of the molecule is Cn1ccc2cc3c(cc21)c1cccnc1c1cncn31. The zero-order chi connectivity index (χ0) is 14.0. The van der Waals surface area contributed by atoms with Gasteiger partial charge in [-0.25, -0.2) is 4.98 Å². The van der Waals surface area contributed by atoms with Gasteiger partial charge in [0.2, 0.25) is 0 Å². The molecule has 1 aromatic carbocycles. The smallest absolute Gasteiger partial charge is 0.0997 e. The highest BCUT2D eigenvalue weighted by Crippen LogP contribution is 2.31. The van der Waals surface area contributed by atoms with Crippen molar-refractivity contribution < 1.29 is 0 Å². The summed E-state index contributed by atoms with van der Waals surface area (Å²) in [6.45, 7) is 0. The van der Waals surface area contributed by atoms with Crippen LogP contribution in [0.1, 0.15) is 0 Å². The maximum absolute atomic E-state index is 4.55. The molecule has 0 radical (unpaired) electrons. The summed E-state index contributed by atoms with van der Waals surface area (Å²) in [7, 11) is 2.07. The second kappa shape index (κ2) is 3.61. The Kier molecular flexibility index (Phi) is 1.86. The van der Waals surface area contributed by atoms with Gasteiger partial charge in [-0.05, 0) is 24.3 Å². The highest BCUT2D eigenvalue weighted by molar-refractivity contribution is 6.13. The number of rotatable bonds is 0. The molecule has 0 amide bonds. The maximum atomic E-state index is 4.55. The second-order valence-electron chi connectivity index (χ2n) is 5.40. The Morgan fingerprint density at radius 3 is 2.90 bits per heavy atom. The highest BCUT2D eigenvalue weighted by Gasteiger charge is 2.11. The fourth-order valence-corrected chi connectivity index (χ4v) is 3.21. The lowest BCUT2D eigenvalue weighted by Crippen LogP contribution is -1.92. The Morgan fingerprint density at radius 2 is 1.95 bits per heavy atom. The van der Waals surface area contributed by atoms with Gasteiger partial charge in [0, 0.05) is 41.1 Å². The van der Waals surface area contributed by atoms with Crippen molar-refractivity contribution >= 4 is 38.2 Å². The molecule has 0 aliphatic rings. The van der Waals surface area contributed by atoms with E-state index in [0.29, 0.717) is 0 Å². The highest BCUT2D eigenvalue weighted by atomic mass is 15.0. The van der Waals surface area contributed by atoms with Crippen LogP contribution in [0.25, 0.3) is 38.2 Å². The van der Waals surface area contributed by atoms with E-state index in [1.165, 1.54) is 27.2 Å². The van der Waals surface area contributed by atoms with Gasteiger partial charge in [0.1, 0.15) is 0 Å². The minimum Gasteiger partial charge on any atom is -0.351 e. The average Bonchev–Trinajstić information content (AvgIpc) is 3.14. The lowest BCUT2D eigenvalue weighted by Gasteiger charge is -2.08. The molecule has 0 fully saturated rings. The monoisotopic (exact) mass is 272 g/mol. The first-order valence-corrected chi connectivity index (χ1v) is 6.90.